The van der Waals surface area contributed by atoms with Crippen LogP contribution < -0.4 is 10.1 Å². The van der Waals surface area contributed by atoms with Crippen molar-refractivity contribution < 1.29 is 19.4 Å². The van der Waals surface area contributed by atoms with E-state index in [0.29, 0.717) is 24.8 Å². The minimum atomic E-state index is -0.705. The lowest BCUT2D eigenvalue weighted by Crippen LogP contribution is -2.42. The highest BCUT2D eigenvalue weighted by Crippen LogP contribution is 2.25. The lowest BCUT2D eigenvalue weighted by molar-refractivity contribution is -0.130. The Labute approximate surface area is 233 Å². The minimum Gasteiger partial charge on any atom is -0.487 e. The molecule has 3 N–H and O–H groups in total. The fourth-order valence-electron chi connectivity index (χ4n) is 5.33. The molecule has 0 unspecified atom stereocenters. The fourth-order valence-corrected chi connectivity index (χ4v) is 5.33. The van der Waals surface area contributed by atoms with Gasteiger partial charge in [0, 0.05) is 51.9 Å². The van der Waals surface area contributed by atoms with Gasteiger partial charge in [0.15, 0.2) is 0 Å². The number of ether oxygens (including phenoxy) is 1. The maximum atomic E-state index is 12.7. The van der Waals surface area contributed by atoms with Crippen LogP contribution in [0.1, 0.15) is 52.8 Å². The summed E-state index contributed by atoms with van der Waals surface area (Å²) in [4.78, 5) is 36.8. The first-order valence-electron chi connectivity index (χ1n) is 13.8. The zero-order valence-corrected chi connectivity index (χ0v) is 22.8. The summed E-state index contributed by atoms with van der Waals surface area (Å²) in [6.45, 7) is 5.62. The number of aromatic amines is 1. The van der Waals surface area contributed by atoms with E-state index in [0.717, 1.165) is 69.0 Å². The molecule has 12 heteroatoms. The molecule has 12 nitrogen and oxygen atoms in total. The molecule has 212 valence electrons. The van der Waals surface area contributed by atoms with Gasteiger partial charge in [0.25, 0.3) is 5.91 Å². The number of hydrogen-bond donors (Lipinski definition) is 3. The van der Waals surface area contributed by atoms with Crippen LogP contribution in [0.25, 0.3) is 0 Å². The van der Waals surface area contributed by atoms with Gasteiger partial charge >= 0.3 is 0 Å². The number of nitrogens with one attached hydrogen (secondary N) is 2. The van der Waals surface area contributed by atoms with Gasteiger partial charge in [0.1, 0.15) is 30.1 Å². The van der Waals surface area contributed by atoms with Crippen molar-refractivity contribution in [3.8, 4) is 5.75 Å². The highest BCUT2D eigenvalue weighted by molar-refractivity contribution is 5.92. The van der Waals surface area contributed by atoms with E-state index in [-0.39, 0.29) is 18.4 Å². The number of benzene rings is 1. The van der Waals surface area contributed by atoms with Crippen molar-refractivity contribution in [1.29, 1.82) is 0 Å². The van der Waals surface area contributed by atoms with E-state index in [1.54, 1.807) is 19.2 Å². The summed E-state index contributed by atoms with van der Waals surface area (Å²) in [5.41, 5.74) is 4.30. The van der Waals surface area contributed by atoms with Crippen molar-refractivity contribution in [3.63, 3.8) is 0 Å². The highest BCUT2D eigenvalue weighted by Gasteiger charge is 2.23. The monoisotopic (exact) mass is 548 g/mol. The van der Waals surface area contributed by atoms with E-state index in [4.69, 9.17) is 4.74 Å². The summed E-state index contributed by atoms with van der Waals surface area (Å²) in [5.74, 6) is 1.02. The molecule has 4 heterocycles. The Balaban J connectivity index is 1.05. The second-order valence-electron chi connectivity index (χ2n) is 10.6. The molecule has 0 saturated carbocycles. The molecule has 1 atom stereocenters. The second kappa shape index (κ2) is 13.0. The summed E-state index contributed by atoms with van der Waals surface area (Å²) in [5, 5.41) is 23.8. The number of H-pyrrole nitrogens is 1. The predicted octanol–water partition coefficient (Wildman–Crippen LogP) is 1.12. The lowest BCUT2D eigenvalue weighted by atomic mass is 9.92. The second-order valence-corrected chi connectivity index (χ2v) is 10.6. The molecule has 2 amide bonds. The smallest absolute Gasteiger partial charge is 0.270 e. The van der Waals surface area contributed by atoms with E-state index in [9.17, 15) is 14.7 Å². The van der Waals surface area contributed by atoms with Crippen LogP contribution in [-0.2, 0) is 30.8 Å². The number of amides is 2. The number of likely N-dealkylation sites (tertiary alicyclic amines) is 1. The fraction of sp³-hybridized carbons (Fsp3) is 0.500. The Morgan fingerprint density at radius 2 is 2.00 bits per heavy atom. The molecule has 40 heavy (non-hydrogen) atoms. The Morgan fingerprint density at radius 1 is 1.15 bits per heavy atom. The third-order valence-electron chi connectivity index (χ3n) is 7.60. The third-order valence-corrected chi connectivity index (χ3v) is 7.60. The molecule has 5 rings (SSSR count). The molecule has 1 aromatic carbocycles. The van der Waals surface area contributed by atoms with Gasteiger partial charge in [-0.05, 0) is 60.9 Å². The van der Waals surface area contributed by atoms with Crippen LogP contribution in [0.3, 0.4) is 0 Å². The van der Waals surface area contributed by atoms with Gasteiger partial charge < -0.3 is 20.1 Å². The largest absolute Gasteiger partial charge is 0.487 e. The summed E-state index contributed by atoms with van der Waals surface area (Å²) in [6, 6.07) is 7.80. The molecular weight excluding hydrogens is 512 g/mol. The van der Waals surface area contributed by atoms with Gasteiger partial charge in [-0.25, -0.2) is 9.97 Å². The molecule has 1 saturated heterocycles. The van der Waals surface area contributed by atoms with Crippen molar-refractivity contribution in [2.75, 3.05) is 32.7 Å². The number of piperidine rings is 1. The molecule has 0 bridgehead atoms. The van der Waals surface area contributed by atoms with Crippen molar-refractivity contribution in [3.05, 3.63) is 65.0 Å². The van der Waals surface area contributed by atoms with E-state index in [1.165, 1.54) is 17.5 Å². The first-order valence-corrected chi connectivity index (χ1v) is 13.8. The first-order chi connectivity index (χ1) is 19.4. The number of carbonyl (C=O) groups excluding carboxylic acids is 2. The van der Waals surface area contributed by atoms with Crippen LogP contribution >= 0.6 is 0 Å². The molecular formula is C28H36N8O4. The van der Waals surface area contributed by atoms with Crippen LogP contribution in [0.15, 0.2) is 36.8 Å². The van der Waals surface area contributed by atoms with E-state index in [2.05, 4.69) is 47.7 Å². The molecule has 1 fully saturated rings. The average molecular weight is 549 g/mol. The molecule has 0 spiro atoms. The van der Waals surface area contributed by atoms with E-state index < -0.39 is 6.10 Å². The molecule has 3 aromatic rings. The van der Waals surface area contributed by atoms with E-state index in [1.807, 2.05) is 11.0 Å². The maximum absolute atomic E-state index is 12.7. The van der Waals surface area contributed by atoms with Crippen molar-refractivity contribution in [1.82, 2.24) is 40.5 Å². The van der Waals surface area contributed by atoms with Crippen molar-refractivity contribution in [2.45, 2.75) is 51.9 Å². The molecule has 2 aliphatic rings. The van der Waals surface area contributed by atoms with Gasteiger partial charge in [-0.3, -0.25) is 14.5 Å². The number of nitrogens with zero attached hydrogens (tertiary/aromatic N) is 6. The number of fused-ring (bicyclic) bond motifs is 1. The lowest BCUT2D eigenvalue weighted by Gasteiger charge is -2.31. The average Bonchev–Trinajstić information content (AvgIpc) is 3.49. The van der Waals surface area contributed by atoms with Gasteiger partial charge in [0.2, 0.25) is 5.91 Å². The van der Waals surface area contributed by atoms with Crippen molar-refractivity contribution >= 4 is 11.8 Å². The normalized spacial score (nSPS) is 16.8. The molecule has 2 aromatic heterocycles. The van der Waals surface area contributed by atoms with Crippen LogP contribution in [-0.4, -0.2) is 90.9 Å². The van der Waals surface area contributed by atoms with Gasteiger partial charge in [-0.2, -0.15) is 15.4 Å². The van der Waals surface area contributed by atoms with Crippen LogP contribution in [0.5, 0.6) is 5.75 Å². The highest BCUT2D eigenvalue weighted by atomic mass is 16.5. The van der Waals surface area contributed by atoms with Gasteiger partial charge in [-0.1, -0.05) is 6.07 Å². The predicted molar refractivity (Wildman–Crippen MR) is 145 cm³/mol. The number of β-amino-alcohol motifs (C(OH)–C–C–N with tert-alkyl or cyclic N) is 1. The molecule has 2 aliphatic heterocycles. The quantitative estimate of drug-likeness (QED) is 0.339. The third kappa shape index (κ3) is 7.39. The summed E-state index contributed by atoms with van der Waals surface area (Å²) in [6.07, 6.45) is 5.81. The van der Waals surface area contributed by atoms with Crippen molar-refractivity contribution in [2.24, 2.45) is 5.92 Å². The number of aromatic nitrogens is 5. The van der Waals surface area contributed by atoms with Gasteiger partial charge in [0.05, 0.1) is 12.3 Å². The number of aliphatic hydroxyl groups excluding tert-OH is 1. The zero-order valence-electron chi connectivity index (χ0n) is 22.8. The number of rotatable bonds is 10. The summed E-state index contributed by atoms with van der Waals surface area (Å²) in [7, 11) is 0. The minimum absolute atomic E-state index is 0.117. The topological polar surface area (TPSA) is 149 Å². The Morgan fingerprint density at radius 3 is 2.77 bits per heavy atom. The summed E-state index contributed by atoms with van der Waals surface area (Å²) >= 11 is 0. The standard InChI is InChI=1S/C28H36N8O4/c1-19(37)36-8-4-20(5-9-36)10-23-12-27(31-18-30-23)28(39)29-14-25(38)16-35-7-6-21-11-26(3-2-22(21)15-35)40-17-24-13-32-34-33-24/h2-3,11-13,18,20,25,38H,4-10,14-17H2,1H3,(H,29,39)(H,32,33,34)/t25-/m0/s1. The maximum Gasteiger partial charge on any atom is 0.270 e. The Kier molecular flexibility index (Phi) is 8.97. The first kappa shape index (κ1) is 27.7. The van der Waals surface area contributed by atoms with Crippen LogP contribution in [0.4, 0.5) is 0 Å². The molecule has 0 aliphatic carbocycles. The van der Waals surface area contributed by atoms with Crippen LogP contribution in [0.2, 0.25) is 0 Å². The zero-order chi connectivity index (χ0) is 27.9. The molecule has 0 radical (unpaired) electrons. The SMILES string of the molecule is CC(=O)N1CCC(Cc2cc(C(=O)NC[C@H](O)CN3CCc4cc(OCc5cn[nH]n5)ccc4C3)ncn2)CC1. The van der Waals surface area contributed by atoms with Gasteiger partial charge in [-0.15, -0.1) is 0 Å². The number of hydrogen-bond acceptors (Lipinski definition) is 9. The van der Waals surface area contributed by atoms with Crippen LogP contribution in [0, 0.1) is 5.92 Å². The Hall–Kier alpha value is -3.90. The summed E-state index contributed by atoms with van der Waals surface area (Å²) < 4.78 is 5.82. The Bertz CT molecular complexity index is 1290. The van der Waals surface area contributed by atoms with E-state index >= 15 is 0 Å². The number of carbonyl (C=O) groups is 2. The number of aliphatic hydroxyl groups is 1.